The highest BCUT2D eigenvalue weighted by Gasteiger charge is 2.29. The lowest BCUT2D eigenvalue weighted by Crippen LogP contribution is -2.35. The van der Waals surface area contributed by atoms with Crippen molar-refractivity contribution in [1.82, 2.24) is 4.42 Å². The van der Waals surface area contributed by atoms with Gasteiger partial charge in [-0.25, -0.2) is 4.42 Å². The number of carbonyl (C=O) groups is 2. The number of ketones is 1. The Kier molecular flexibility index (Phi) is 5.05. The van der Waals surface area contributed by atoms with Crippen molar-refractivity contribution in [1.29, 1.82) is 0 Å². The Morgan fingerprint density at radius 3 is 3.00 bits per heavy atom. The molecule has 1 aliphatic heterocycles. The molecule has 1 saturated heterocycles. The third-order valence-electron chi connectivity index (χ3n) is 2.43. The zero-order valence-electron chi connectivity index (χ0n) is 8.87. The molecule has 0 spiro atoms. The number of ether oxygens (including phenoxy) is 1. The van der Waals surface area contributed by atoms with Crippen LogP contribution in [0.4, 0.5) is 0 Å². The second-order valence-electron chi connectivity index (χ2n) is 3.61. The van der Waals surface area contributed by atoms with Gasteiger partial charge >= 0.3 is 5.97 Å². The summed E-state index contributed by atoms with van der Waals surface area (Å²) in [5, 5.41) is 0. The van der Waals surface area contributed by atoms with E-state index in [1.165, 1.54) is 4.42 Å². The molecule has 0 aromatic rings. The van der Waals surface area contributed by atoms with Gasteiger partial charge in [-0.3, -0.25) is 9.59 Å². The molecular formula is C10H16ClNO3. The molecule has 0 aromatic carbocycles. The summed E-state index contributed by atoms with van der Waals surface area (Å²) < 4.78 is 6.30. The average Bonchev–Trinajstić information content (AvgIpc) is 2.15. The maximum Gasteiger partial charge on any atom is 0.316 e. The molecule has 4 nitrogen and oxygen atoms in total. The molecule has 0 aliphatic carbocycles. The maximum atomic E-state index is 11.7. The van der Waals surface area contributed by atoms with E-state index in [0.717, 1.165) is 12.8 Å². The molecular weight excluding hydrogens is 218 g/mol. The highest BCUT2D eigenvalue weighted by Crippen LogP contribution is 2.17. The van der Waals surface area contributed by atoms with Gasteiger partial charge in [0.05, 0.1) is 13.2 Å². The first-order valence-corrected chi connectivity index (χ1v) is 5.59. The fraction of sp³-hybridized carbons (Fsp3) is 0.800. The van der Waals surface area contributed by atoms with Crippen molar-refractivity contribution in [3.05, 3.63) is 0 Å². The molecule has 1 aliphatic rings. The summed E-state index contributed by atoms with van der Waals surface area (Å²) in [5.74, 6) is -1.16. The van der Waals surface area contributed by atoms with Crippen molar-refractivity contribution in [2.45, 2.75) is 26.2 Å². The van der Waals surface area contributed by atoms with Gasteiger partial charge in [0, 0.05) is 6.54 Å². The van der Waals surface area contributed by atoms with E-state index in [2.05, 4.69) is 0 Å². The molecule has 86 valence electrons. The number of rotatable bonds is 2. The molecule has 0 aromatic heterocycles. The molecule has 0 saturated carbocycles. The van der Waals surface area contributed by atoms with Gasteiger partial charge in [-0.05, 0) is 31.5 Å². The van der Waals surface area contributed by atoms with Gasteiger partial charge in [-0.15, -0.1) is 0 Å². The topological polar surface area (TPSA) is 46.6 Å². The van der Waals surface area contributed by atoms with E-state index in [0.29, 0.717) is 19.6 Å². The Balaban J connectivity index is 2.59. The van der Waals surface area contributed by atoms with Crippen LogP contribution in [0, 0.1) is 5.92 Å². The molecule has 1 unspecified atom stereocenters. The lowest BCUT2D eigenvalue weighted by Gasteiger charge is -2.21. The third-order valence-corrected chi connectivity index (χ3v) is 2.72. The zero-order chi connectivity index (χ0) is 11.3. The molecule has 1 fully saturated rings. The Labute approximate surface area is 94.6 Å². The smallest absolute Gasteiger partial charge is 0.316 e. The number of hydrogen-bond donors (Lipinski definition) is 0. The van der Waals surface area contributed by atoms with E-state index in [-0.39, 0.29) is 12.3 Å². The van der Waals surface area contributed by atoms with Gasteiger partial charge in [0.15, 0.2) is 5.78 Å². The monoisotopic (exact) mass is 233 g/mol. The van der Waals surface area contributed by atoms with Crippen molar-refractivity contribution in [2.24, 2.45) is 5.92 Å². The minimum atomic E-state index is -0.619. The fourth-order valence-electron chi connectivity index (χ4n) is 1.64. The van der Waals surface area contributed by atoms with Crippen LogP contribution in [0.15, 0.2) is 0 Å². The van der Waals surface area contributed by atoms with E-state index in [1.54, 1.807) is 6.92 Å². The number of Topliss-reactive ketones (excluding diaryl/α,β-unsaturated/α-hetero) is 1. The molecule has 0 bridgehead atoms. The lowest BCUT2D eigenvalue weighted by molar-refractivity contribution is -0.152. The summed E-state index contributed by atoms with van der Waals surface area (Å²) in [6.45, 7) is 2.88. The van der Waals surface area contributed by atoms with Gasteiger partial charge in [0.1, 0.15) is 5.92 Å². The van der Waals surface area contributed by atoms with E-state index in [4.69, 9.17) is 16.5 Å². The molecule has 0 amide bonds. The Bertz CT molecular complexity index is 245. The minimum Gasteiger partial charge on any atom is -0.465 e. The summed E-state index contributed by atoms with van der Waals surface area (Å²) >= 11 is 5.80. The zero-order valence-corrected chi connectivity index (χ0v) is 9.63. The highest BCUT2D eigenvalue weighted by atomic mass is 35.5. The summed E-state index contributed by atoms with van der Waals surface area (Å²) in [6.07, 6.45) is 2.33. The van der Waals surface area contributed by atoms with Gasteiger partial charge in [-0.2, -0.15) is 0 Å². The molecule has 1 heterocycles. The first-order chi connectivity index (χ1) is 7.15. The molecule has 1 rings (SSSR count). The van der Waals surface area contributed by atoms with Crippen LogP contribution in [-0.2, 0) is 14.3 Å². The van der Waals surface area contributed by atoms with E-state index in [9.17, 15) is 9.59 Å². The van der Waals surface area contributed by atoms with Crippen LogP contribution in [-0.4, -0.2) is 35.9 Å². The first-order valence-electron chi connectivity index (χ1n) is 5.25. The Morgan fingerprint density at radius 1 is 1.60 bits per heavy atom. The normalized spacial score (nSPS) is 24.4. The van der Waals surface area contributed by atoms with E-state index in [1.807, 2.05) is 0 Å². The maximum absolute atomic E-state index is 11.7. The lowest BCUT2D eigenvalue weighted by atomic mass is 9.95. The van der Waals surface area contributed by atoms with E-state index >= 15 is 0 Å². The standard InChI is InChI=1S/C10H16ClNO3/c1-2-15-10(14)8-5-3-4-6-12(11)7-9(8)13/h8H,2-7H2,1H3. The predicted molar refractivity (Wildman–Crippen MR) is 56.4 cm³/mol. The number of hydrogen-bond acceptors (Lipinski definition) is 4. The van der Waals surface area contributed by atoms with Gasteiger partial charge in [0.25, 0.3) is 0 Å². The van der Waals surface area contributed by atoms with Gasteiger partial charge < -0.3 is 4.74 Å². The van der Waals surface area contributed by atoms with Crippen molar-refractivity contribution in [3.63, 3.8) is 0 Å². The third kappa shape index (κ3) is 3.80. The van der Waals surface area contributed by atoms with Crippen molar-refractivity contribution < 1.29 is 14.3 Å². The first kappa shape index (κ1) is 12.5. The predicted octanol–water partition coefficient (Wildman–Crippen LogP) is 1.37. The second-order valence-corrected chi connectivity index (χ2v) is 4.09. The van der Waals surface area contributed by atoms with Crippen molar-refractivity contribution >= 4 is 23.5 Å². The molecule has 15 heavy (non-hydrogen) atoms. The van der Waals surface area contributed by atoms with Gasteiger partial charge in [0.2, 0.25) is 0 Å². The van der Waals surface area contributed by atoms with Crippen LogP contribution in [0.3, 0.4) is 0 Å². The van der Waals surface area contributed by atoms with Crippen LogP contribution in [0.25, 0.3) is 0 Å². The van der Waals surface area contributed by atoms with E-state index < -0.39 is 11.9 Å². The Hall–Kier alpha value is -0.610. The Morgan fingerprint density at radius 2 is 2.33 bits per heavy atom. The number of esters is 1. The van der Waals surface area contributed by atoms with Crippen molar-refractivity contribution in [3.8, 4) is 0 Å². The number of nitrogens with zero attached hydrogens (tertiary/aromatic N) is 1. The molecule has 0 radical (unpaired) electrons. The molecule has 1 atom stereocenters. The summed E-state index contributed by atoms with van der Waals surface area (Å²) in [4.78, 5) is 23.1. The van der Waals surface area contributed by atoms with Crippen LogP contribution < -0.4 is 0 Å². The fourth-order valence-corrected chi connectivity index (χ4v) is 1.88. The molecule has 0 N–H and O–H groups in total. The van der Waals surface area contributed by atoms with Crippen LogP contribution in [0.2, 0.25) is 0 Å². The van der Waals surface area contributed by atoms with Gasteiger partial charge in [-0.1, -0.05) is 6.42 Å². The second kappa shape index (κ2) is 6.08. The van der Waals surface area contributed by atoms with Crippen LogP contribution in [0.1, 0.15) is 26.2 Å². The number of halogens is 1. The van der Waals surface area contributed by atoms with Crippen LogP contribution >= 0.6 is 11.8 Å². The average molecular weight is 234 g/mol. The largest absolute Gasteiger partial charge is 0.465 e. The SMILES string of the molecule is CCOC(=O)C1CCCCN(Cl)CC1=O. The summed E-state index contributed by atoms with van der Waals surface area (Å²) in [7, 11) is 0. The minimum absolute atomic E-state index is 0.130. The quantitative estimate of drug-likeness (QED) is 0.411. The summed E-state index contributed by atoms with van der Waals surface area (Å²) in [5.41, 5.74) is 0. The van der Waals surface area contributed by atoms with Crippen molar-refractivity contribution in [2.75, 3.05) is 19.7 Å². The number of carbonyl (C=O) groups excluding carboxylic acids is 2. The molecule has 5 heteroatoms. The summed E-state index contributed by atoms with van der Waals surface area (Å²) in [6, 6.07) is 0. The van der Waals surface area contributed by atoms with Crippen LogP contribution in [0.5, 0.6) is 0 Å². The highest BCUT2D eigenvalue weighted by molar-refractivity contribution is 6.15.